The molecule has 0 unspecified atom stereocenters. The summed E-state index contributed by atoms with van der Waals surface area (Å²) in [6.07, 6.45) is 7.62. The minimum atomic E-state index is -0.432. The summed E-state index contributed by atoms with van der Waals surface area (Å²) in [7, 11) is 0. The number of likely N-dealkylation sites (tertiary alicyclic amines) is 1. The molecular formula is C34H35N5O4. The Labute approximate surface area is 250 Å². The largest absolute Gasteiger partial charge is 0.494 e. The van der Waals surface area contributed by atoms with Crippen molar-refractivity contribution in [2.45, 2.75) is 19.3 Å². The van der Waals surface area contributed by atoms with Crippen LogP contribution < -0.4 is 10.1 Å². The van der Waals surface area contributed by atoms with Crippen LogP contribution in [0.25, 0.3) is 11.7 Å². The van der Waals surface area contributed by atoms with E-state index in [1.165, 1.54) is 0 Å². The third kappa shape index (κ3) is 6.45. The van der Waals surface area contributed by atoms with E-state index in [9.17, 15) is 14.4 Å². The summed E-state index contributed by atoms with van der Waals surface area (Å²) in [5, 5.41) is 3.06. The SMILES string of the molecule is Cc1ccn2cc(C(=O)N3CCCOc4cccc(c4)[C@H]4CN(C(=O)C=Cc5ccccc5)C[C@@H]4C(=O)NCC3)nc2c1. The third-order valence-electron chi connectivity index (χ3n) is 8.12. The molecule has 2 aliphatic rings. The summed E-state index contributed by atoms with van der Waals surface area (Å²) in [5.41, 5.74) is 4.05. The number of aryl methyl sites for hydroxylation is 1. The molecule has 9 nitrogen and oxygen atoms in total. The number of hydrogen-bond acceptors (Lipinski definition) is 5. The lowest BCUT2D eigenvalue weighted by molar-refractivity contribution is -0.126. The predicted octanol–water partition coefficient (Wildman–Crippen LogP) is 3.94. The molecule has 0 spiro atoms. The van der Waals surface area contributed by atoms with Gasteiger partial charge in [0.05, 0.1) is 12.5 Å². The van der Waals surface area contributed by atoms with E-state index >= 15 is 0 Å². The highest BCUT2D eigenvalue weighted by molar-refractivity contribution is 5.94. The van der Waals surface area contributed by atoms with Crippen LogP contribution in [0.15, 0.2) is 85.2 Å². The first-order valence-corrected chi connectivity index (χ1v) is 14.7. The molecule has 220 valence electrons. The van der Waals surface area contributed by atoms with Gasteiger partial charge in [-0.25, -0.2) is 4.98 Å². The molecule has 9 heteroatoms. The maximum Gasteiger partial charge on any atom is 0.274 e. The van der Waals surface area contributed by atoms with Crippen molar-refractivity contribution in [3.63, 3.8) is 0 Å². The molecule has 0 saturated carbocycles. The topological polar surface area (TPSA) is 96.3 Å². The Balaban J connectivity index is 1.20. The second-order valence-electron chi connectivity index (χ2n) is 11.2. The molecule has 1 N–H and O–H groups in total. The van der Waals surface area contributed by atoms with Crippen molar-refractivity contribution in [1.29, 1.82) is 0 Å². The summed E-state index contributed by atoms with van der Waals surface area (Å²) in [4.78, 5) is 48.3. The quantitative estimate of drug-likeness (QED) is 0.372. The molecule has 6 rings (SSSR count). The number of imidazole rings is 1. The van der Waals surface area contributed by atoms with Crippen molar-refractivity contribution in [2.75, 3.05) is 39.3 Å². The molecule has 43 heavy (non-hydrogen) atoms. The Morgan fingerprint density at radius 2 is 1.81 bits per heavy atom. The Kier molecular flexibility index (Phi) is 8.22. The monoisotopic (exact) mass is 577 g/mol. The van der Waals surface area contributed by atoms with E-state index in [1.807, 2.05) is 84.3 Å². The minimum absolute atomic E-state index is 0.131. The number of rotatable bonds is 3. The fraction of sp³-hybridized carbons (Fsp3) is 0.294. The molecule has 1 fully saturated rings. The van der Waals surface area contributed by atoms with Crippen LogP contribution in [0, 0.1) is 12.8 Å². The van der Waals surface area contributed by atoms with Crippen molar-refractivity contribution >= 4 is 29.4 Å². The molecular weight excluding hydrogens is 542 g/mol. The number of ether oxygens (including phenoxy) is 1. The van der Waals surface area contributed by atoms with E-state index in [-0.39, 0.29) is 23.6 Å². The second kappa shape index (κ2) is 12.5. The molecule has 2 atom stereocenters. The van der Waals surface area contributed by atoms with Crippen LogP contribution >= 0.6 is 0 Å². The highest BCUT2D eigenvalue weighted by atomic mass is 16.5. The first-order valence-electron chi connectivity index (χ1n) is 14.7. The Morgan fingerprint density at radius 3 is 2.67 bits per heavy atom. The van der Waals surface area contributed by atoms with Crippen LogP contribution in [-0.4, -0.2) is 76.2 Å². The van der Waals surface area contributed by atoms with Crippen molar-refractivity contribution in [3.8, 4) is 5.75 Å². The van der Waals surface area contributed by atoms with Crippen molar-refractivity contribution in [1.82, 2.24) is 24.5 Å². The van der Waals surface area contributed by atoms with Gasteiger partial charge in [-0.2, -0.15) is 0 Å². The number of carbonyl (C=O) groups is 3. The number of nitrogens with zero attached hydrogens (tertiary/aromatic N) is 4. The van der Waals surface area contributed by atoms with Gasteiger partial charge in [0.2, 0.25) is 11.8 Å². The van der Waals surface area contributed by atoms with Gasteiger partial charge in [-0.3, -0.25) is 14.4 Å². The van der Waals surface area contributed by atoms with Crippen LogP contribution in [0.4, 0.5) is 0 Å². The van der Waals surface area contributed by atoms with Gasteiger partial charge in [-0.15, -0.1) is 0 Å². The lowest BCUT2D eigenvalue weighted by Crippen LogP contribution is -2.42. The van der Waals surface area contributed by atoms with Gasteiger partial charge in [-0.1, -0.05) is 42.5 Å². The molecule has 3 amide bonds. The van der Waals surface area contributed by atoms with E-state index < -0.39 is 5.92 Å². The highest BCUT2D eigenvalue weighted by Crippen LogP contribution is 2.35. The van der Waals surface area contributed by atoms with Gasteiger partial charge in [0.25, 0.3) is 5.91 Å². The fourth-order valence-corrected chi connectivity index (χ4v) is 5.81. The summed E-state index contributed by atoms with van der Waals surface area (Å²) >= 11 is 0. The van der Waals surface area contributed by atoms with Gasteiger partial charge < -0.3 is 24.3 Å². The number of nitrogens with one attached hydrogen (secondary N) is 1. The Morgan fingerprint density at radius 1 is 0.977 bits per heavy atom. The number of carbonyl (C=O) groups excluding carboxylic acids is 3. The summed E-state index contributed by atoms with van der Waals surface area (Å²) < 4.78 is 7.91. The molecule has 2 aromatic carbocycles. The van der Waals surface area contributed by atoms with Gasteiger partial charge in [0.1, 0.15) is 17.1 Å². The zero-order valence-electron chi connectivity index (χ0n) is 24.2. The Bertz CT molecular complexity index is 1660. The van der Waals surface area contributed by atoms with Gasteiger partial charge in [0.15, 0.2) is 0 Å². The highest BCUT2D eigenvalue weighted by Gasteiger charge is 2.40. The van der Waals surface area contributed by atoms with Crippen molar-refractivity contribution in [3.05, 3.63) is 108 Å². The first-order chi connectivity index (χ1) is 20.9. The minimum Gasteiger partial charge on any atom is -0.494 e. The average Bonchev–Trinajstić information content (AvgIpc) is 3.66. The number of fused-ring (bicyclic) bond motifs is 5. The van der Waals surface area contributed by atoms with E-state index in [4.69, 9.17) is 4.74 Å². The maximum absolute atomic E-state index is 13.6. The van der Waals surface area contributed by atoms with E-state index in [1.54, 1.807) is 28.1 Å². The zero-order valence-corrected chi connectivity index (χ0v) is 24.2. The van der Waals surface area contributed by atoms with Crippen LogP contribution in [0.2, 0.25) is 0 Å². The van der Waals surface area contributed by atoms with Gasteiger partial charge in [-0.05, 0) is 60.4 Å². The predicted molar refractivity (Wildman–Crippen MR) is 164 cm³/mol. The normalized spacial score (nSPS) is 19.5. The van der Waals surface area contributed by atoms with E-state index in [0.717, 1.165) is 16.7 Å². The average molecular weight is 578 g/mol. The van der Waals surface area contributed by atoms with E-state index in [0.29, 0.717) is 62.8 Å². The number of pyridine rings is 1. The molecule has 2 aromatic heterocycles. The lowest BCUT2D eigenvalue weighted by atomic mass is 9.88. The van der Waals surface area contributed by atoms with Crippen LogP contribution in [0.5, 0.6) is 5.75 Å². The summed E-state index contributed by atoms with van der Waals surface area (Å²) in [6, 6.07) is 21.3. The molecule has 1 saturated heterocycles. The van der Waals surface area contributed by atoms with Gasteiger partial charge in [0, 0.05) is 57.1 Å². The third-order valence-corrected chi connectivity index (χ3v) is 8.12. The molecule has 2 bridgehead atoms. The number of hydrogen-bond donors (Lipinski definition) is 1. The number of benzene rings is 2. The summed E-state index contributed by atoms with van der Waals surface area (Å²) in [5.74, 6) is -0.362. The van der Waals surface area contributed by atoms with Crippen LogP contribution in [0.1, 0.15) is 39.5 Å². The zero-order chi connectivity index (χ0) is 29.8. The standard InChI is InChI=1S/C34H35N5O4/c1-24-13-16-38-23-30(36-31(38)19-24)34(42)37-15-6-18-43-27-10-5-9-26(20-27)28-21-39(22-29(28)33(41)35-14-17-37)32(40)12-11-25-7-3-2-4-8-25/h2-5,7-13,16,19-20,23,28-29H,6,14-15,17-18,21-22H2,1H3,(H,35,41)/t28-,29+/m1/s1. The number of amides is 3. The molecule has 2 aliphatic heterocycles. The van der Waals surface area contributed by atoms with Crippen molar-refractivity contribution in [2.24, 2.45) is 5.92 Å². The second-order valence-corrected chi connectivity index (χ2v) is 11.2. The van der Waals surface area contributed by atoms with E-state index in [2.05, 4.69) is 10.3 Å². The van der Waals surface area contributed by atoms with Crippen molar-refractivity contribution < 1.29 is 19.1 Å². The van der Waals surface area contributed by atoms with Crippen LogP contribution in [0.3, 0.4) is 0 Å². The molecule has 0 aliphatic carbocycles. The summed E-state index contributed by atoms with van der Waals surface area (Å²) in [6.45, 7) is 4.25. The maximum atomic E-state index is 13.6. The molecule has 4 heterocycles. The van der Waals surface area contributed by atoms with Gasteiger partial charge >= 0.3 is 0 Å². The molecule has 0 radical (unpaired) electrons. The lowest BCUT2D eigenvalue weighted by Gasteiger charge is -2.24. The molecule has 4 aromatic rings. The smallest absolute Gasteiger partial charge is 0.274 e. The fourth-order valence-electron chi connectivity index (χ4n) is 5.81. The first kappa shape index (κ1) is 28.2. The Hall–Kier alpha value is -4.92. The van der Waals surface area contributed by atoms with Crippen LogP contribution in [-0.2, 0) is 9.59 Å². The number of aromatic nitrogens is 2.